The second kappa shape index (κ2) is 9.41. The minimum atomic E-state index is -0.512. The largest absolute Gasteiger partial charge is 0.461 e. The molecule has 0 aliphatic rings. The van der Waals surface area contributed by atoms with Gasteiger partial charge in [-0.2, -0.15) is 0 Å². The number of aromatic amines is 1. The van der Waals surface area contributed by atoms with Gasteiger partial charge >= 0.3 is 11.9 Å². The van der Waals surface area contributed by atoms with E-state index >= 15 is 0 Å². The van der Waals surface area contributed by atoms with Crippen molar-refractivity contribution < 1.29 is 23.9 Å². The average molecular weight is 389 g/mol. The smallest absolute Gasteiger partial charge is 0.355 e. The molecule has 7 heteroatoms. The maximum atomic E-state index is 12.5. The summed E-state index contributed by atoms with van der Waals surface area (Å²) in [6.45, 7) is 6.67. The summed E-state index contributed by atoms with van der Waals surface area (Å²) in [6.07, 6.45) is 0. The molecule has 0 amide bonds. The summed E-state index contributed by atoms with van der Waals surface area (Å²) in [5.74, 6) is -1.34. The van der Waals surface area contributed by atoms with Crippen molar-refractivity contribution in [3.63, 3.8) is 0 Å². The molecule has 0 spiro atoms. The van der Waals surface area contributed by atoms with Crippen LogP contribution in [0.5, 0.6) is 0 Å². The quantitative estimate of drug-likeness (QED) is 0.421. The topological polar surface area (TPSA) is 85.5 Å². The van der Waals surface area contributed by atoms with E-state index in [0.717, 1.165) is 4.90 Å². The number of thioether (sulfide) groups is 1. The van der Waals surface area contributed by atoms with Crippen molar-refractivity contribution in [2.24, 2.45) is 0 Å². The fraction of sp³-hybridized carbons (Fsp3) is 0.350. The Morgan fingerprint density at radius 1 is 1.11 bits per heavy atom. The van der Waals surface area contributed by atoms with Crippen LogP contribution in [0.3, 0.4) is 0 Å². The molecule has 1 aromatic heterocycles. The molecule has 0 saturated heterocycles. The highest BCUT2D eigenvalue weighted by Gasteiger charge is 2.24. The molecular formula is C20H23NO5S. The monoisotopic (exact) mass is 389 g/mol. The lowest BCUT2D eigenvalue weighted by Crippen LogP contribution is -2.21. The van der Waals surface area contributed by atoms with E-state index in [1.807, 2.05) is 30.3 Å². The van der Waals surface area contributed by atoms with Gasteiger partial charge in [0.1, 0.15) is 10.9 Å². The third kappa shape index (κ3) is 5.23. The first-order valence-electron chi connectivity index (χ1n) is 8.63. The number of hydrogen-bond donors (Lipinski definition) is 1. The van der Waals surface area contributed by atoms with Crippen molar-refractivity contribution >= 4 is 29.5 Å². The Labute approximate surface area is 162 Å². The van der Waals surface area contributed by atoms with E-state index in [1.54, 1.807) is 27.7 Å². The molecular weight excluding hydrogens is 366 g/mol. The highest BCUT2D eigenvalue weighted by molar-refractivity contribution is 8.00. The number of ether oxygens (including phenoxy) is 2. The van der Waals surface area contributed by atoms with Crippen LogP contribution in [-0.4, -0.2) is 41.2 Å². The first-order valence-corrected chi connectivity index (χ1v) is 9.50. The molecule has 2 rings (SSSR count). The number of aromatic nitrogens is 1. The van der Waals surface area contributed by atoms with Crippen molar-refractivity contribution in [1.29, 1.82) is 0 Å². The van der Waals surface area contributed by atoms with Crippen molar-refractivity contribution in [2.75, 3.05) is 13.2 Å². The molecule has 1 heterocycles. The number of Topliss-reactive ketones (excluding diaryl/α,β-unsaturated/α-hetero) is 1. The maximum Gasteiger partial charge on any atom is 0.355 e. The molecule has 0 aliphatic carbocycles. The summed E-state index contributed by atoms with van der Waals surface area (Å²) in [7, 11) is 0. The zero-order valence-corrected chi connectivity index (χ0v) is 16.6. The fourth-order valence-corrected chi connectivity index (χ4v) is 3.54. The van der Waals surface area contributed by atoms with Crippen LogP contribution in [-0.2, 0) is 14.3 Å². The molecule has 0 saturated carbocycles. The summed E-state index contributed by atoms with van der Waals surface area (Å²) in [6, 6.07) is 9.49. The van der Waals surface area contributed by atoms with Crippen molar-refractivity contribution in [2.45, 2.75) is 37.8 Å². The van der Waals surface area contributed by atoms with Gasteiger partial charge in [0, 0.05) is 16.2 Å². The zero-order valence-electron chi connectivity index (χ0n) is 15.8. The van der Waals surface area contributed by atoms with E-state index < -0.39 is 17.2 Å². The van der Waals surface area contributed by atoms with E-state index in [1.165, 1.54) is 11.8 Å². The standard InChI is InChI=1S/C20H23NO5S/c1-5-25-20(24)18-12(2)17(13(3)21-18)16(22)11-26-19(23)14(4)27-15-9-7-6-8-10-15/h6-10,14,21H,5,11H2,1-4H3/t14-/m0/s1. The van der Waals surface area contributed by atoms with Crippen LogP contribution in [0.2, 0.25) is 0 Å². The number of hydrogen-bond acceptors (Lipinski definition) is 6. The summed E-state index contributed by atoms with van der Waals surface area (Å²) < 4.78 is 10.2. The molecule has 144 valence electrons. The van der Waals surface area contributed by atoms with E-state index in [4.69, 9.17) is 9.47 Å². The Morgan fingerprint density at radius 2 is 1.78 bits per heavy atom. The highest BCUT2D eigenvalue weighted by Crippen LogP contribution is 2.24. The van der Waals surface area contributed by atoms with E-state index in [2.05, 4.69) is 4.98 Å². The number of benzene rings is 1. The van der Waals surface area contributed by atoms with Gasteiger partial charge in [0.15, 0.2) is 6.61 Å². The first-order chi connectivity index (χ1) is 12.8. The van der Waals surface area contributed by atoms with E-state index in [9.17, 15) is 14.4 Å². The minimum Gasteiger partial charge on any atom is -0.461 e. The lowest BCUT2D eigenvalue weighted by molar-refractivity contribution is -0.141. The number of ketones is 1. The number of aryl methyl sites for hydroxylation is 1. The molecule has 0 radical (unpaired) electrons. The van der Waals surface area contributed by atoms with Crippen molar-refractivity contribution in [3.8, 4) is 0 Å². The second-order valence-corrected chi connectivity index (χ2v) is 7.36. The molecule has 0 aliphatic heterocycles. The van der Waals surface area contributed by atoms with Crippen LogP contribution in [0.1, 0.15) is 46.0 Å². The number of nitrogens with one attached hydrogen (secondary N) is 1. The third-order valence-electron chi connectivity index (χ3n) is 3.93. The summed E-state index contributed by atoms with van der Waals surface area (Å²) in [5, 5.41) is -0.441. The predicted molar refractivity (Wildman–Crippen MR) is 103 cm³/mol. The van der Waals surface area contributed by atoms with Crippen LogP contribution in [0, 0.1) is 13.8 Å². The van der Waals surface area contributed by atoms with E-state index in [0.29, 0.717) is 16.8 Å². The number of carbonyl (C=O) groups excluding carboxylic acids is 3. The van der Waals surface area contributed by atoms with Gasteiger partial charge in [0.05, 0.1) is 6.61 Å². The fourth-order valence-electron chi connectivity index (χ4n) is 2.65. The average Bonchev–Trinajstić information content (AvgIpc) is 2.95. The predicted octanol–water partition coefficient (Wildman–Crippen LogP) is 3.71. The van der Waals surface area contributed by atoms with Gasteiger partial charge in [-0.3, -0.25) is 9.59 Å². The highest BCUT2D eigenvalue weighted by atomic mass is 32.2. The van der Waals surface area contributed by atoms with Gasteiger partial charge in [0.25, 0.3) is 0 Å². The van der Waals surface area contributed by atoms with Crippen molar-refractivity contribution in [1.82, 2.24) is 4.98 Å². The van der Waals surface area contributed by atoms with Gasteiger partial charge in [-0.1, -0.05) is 18.2 Å². The SMILES string of the molecule is CCOC(=O)c1[nH]c(C)c(C(=O)COC(=O)[C@H](C)Sc2ccccc2)c1C. The lowest BCUT2D eigenvalue weighted by Gasteiger charge is -2.11. The Balaban J connectivity index is 1.99. The Hall–Kier alpha value is -2.54. The van der Waals surface area contributed by atoms with Crippen LogP contribution < -0.4 is 0 Å². The molecule has 6 nitrogen and oxygen atoms in total. The summed E-state index contributed by atoms with van der Waals surface area (Å²) in [5.41, 5.74) is 1.65. The van der Waals surface area contributed by atoms with Crippen molar-refractivity contribution in [3.05, 3.63) is 52.8 Å². The third-order valence-corrected chi connectivity index (χ3v) is 5.02. The molecule has 0 unspecified atom stereocenters. The molecule has 1 atom stereocenters. The van der Waals surface area contributed by atoms with Gasteiger partial charge in [-0.15, -0.1) is 11.8 Å². The lowest BCUT2D eigenvalue weighted by atomic mass is 10.1. The van der Waals surface area contributed by atoms with E-state index in [-0.39, 0.29) is 24.7 Å². The van der Waals surface area contributed by atoms with Crippen LogP contribution in [0.4, 0.5) is 0 Å². The van der Waals surface area contributed by atoms with Gasteiger partial charge < -0.3 is 14.5 Å². The van der Waals surface area contributed by atoms with Crippen LogP contribution in [0.25, 0.3) is 0 Å². The van der Waals surface area contributed by atoms with Gasteiger partial charge in [-0.25, -0.2) is 4.79 Å². The van der Waals surface area contributed by atoms with Gasteiger partial charge in [-0.05, 0) is 45.4 Å². The molecule has 0 bridgehead atoms. The minimum absolute atomic E-state index is 0.244. The first kappa shape index (κ1) is 20.8. The zero-order chi connectivity index (χ0) is 20.0. The maximum absolute atomic E-state index is 12.5. The number of carbonyl (C=O) groups is 3. The Bertz CT molecular complexity index is 828. The molecule has 27 heavy (non-hydrogen) atoms. The van der Waals surface area contributed by atoms with Crippen LogP contribution >= 0.6 is 11.8 Å². The normalized spacial score (nSPS) is 11.7. The summed E-state index contributed by atoms with van der Waals surface area (Å²) >= 11 is 1.37. The second-order valence-electron chi connectivity index (χ2n) is 5.95. The Kier molecular flexibility index (Phi) is 7.24. The van der Waals surface area contributed by atoms with Crippen LogP contribution in [0.15, 0.2) is 35.2 Å². The Morgan fingerprint density at radius 3 is 2.41 bits per heavy atom. The number of H-pyrrole nitrogens is 1. The molecule has 0 fully saturated rings. The number of rotatable bonds is 8. The molecule has 1 aromatic carbocycles. The number of esters is 2. The summed E-state index contributed by atoms with van der Waals surface area (Å²) in [4.78, 5) is 40.4. The molecule has 2 aromatic rings. The molecule has 1 N–H and O–H groups in total. The van der Waals surface area contributed by atoms with Gasteiger partial charge in [0.2, 0.25) is 5.78 Å².